The molecule has 21 heavy (non-hydrogen) atoms. The Morgan fingerprint density at radius 1 is 1.29 bits per heavy atom. The van der Waals surface area contributed by atoms with Gasteiger partial charge in [0, 0.05) is 13.6 Å². The Hall–Kier alpha value is -2.05. The summed E-state index contributed by atoms with van der Waals surface area (Å²) in [5.41, 5.74) is -1.67. The average molecular weight is 303 g/mol. The molecule has 0 N–H and O–H groups in total. The largest absolute Gasteiger partial charge is 0.465 e. The van der Waals surface area contributed by atoms with E-state index >= 15 is 0 Å². The van der Waals surface area contributed by atoms with Gasteiger partial charge in [-0.3, -0.25) is 4.79 Å². The van der Waals surface area contributed by atoms with E-state index in [-0.39, 0.29) is 17.7 Å². The summed E-state index contributed by atoms with van der Waals surface area (Å²) in [7, 11) is 2.52. The molecule has 0 heterocycles. The lowest BCUT2D eigenvalue weighted by atomic mass is 9.95. The summed E-state index contributed by atoms with van der Waals surface area (Å²) in [6, 6.07) is 1.75. The van der Waals surface area contributed by atoms with Crippen LogP contribution in [0.1, 0.15) is 38.8 Å². The maximum absolute atomic E-state index is 13.1. The number of carbonyl (C=O) groups excluding carboxylic acids is 2. The van der Waals surface area contributed by atoms with Crippen LogP contribution in [0.5, 0.6) is 0 Å². The molecule has 0 bridgehead atoms. The minimum absolute atomic E-state index is 0.0398. The van der Waals surface area contributed by atoms with Crippen LogP contribution in [0, 0.1) is 6.92 Å². The van der Waals surface area contributed by atoms with E-state index in [0.717, 1.165) is 24.1 Å². The van der Waals surface area contributed by atoms with Crippen molar-refractivity contribution in [1.82, 2.24) is 4.90 Å². The Morgan fingerprint density at radius 2 is 1.86 bits per heavy atom. The zero-order valence-electron chi connectivity index (χ0n) is 12.2. The second-order valence-corrected chi connectivity index (χ2v) is 4.47. The summed E-state index contributed by atoms with van der Waals surface area (Å²) in [5, 5.41) is 0. The number of carbonyl (C=O) groups is 2. The molecule has 0 aromatic heterocycles. The first kappa shape index (κ1) is 17.0. The molecule has 116 valence electrons. The Balaban J connectivity index is 3.61. The zero-order chi connectivity index (χ0) is 16.4. The molecule has 0 unspecified atom stereocenters. The number of esters is 1. The van der Waals surface area contributed by atoms with Crippen LogP contribution >= 0.6 is 0 Å². The van der Waals surface area contributed by atoms with E-state index in [1.807, 2.05) is 0 Å². The van der Waals surface area contributed by atoms with Gasteiger partial charge in [0.15, 0.2) is 0 Å². The fourth-order valence-corrected chi connectivity index (χ4v) is 1.89. The Morgan fingerprint density at radius 3 is 2.29 bits per heavy atom. The van der Waals surface area contributed by atoms with Gasteiger partial charge in [0.25, 0.3) is 5.91 Å². The van der Waals surface area contributed by atoms with Gasteiger partial charge in [-0.1, -0.05) is 0 Å². The maximum Gasteiger partial charge on any atom is 0.417 e. The Bertz CT molecular complexity index is 567. The van der Waals surface area contributed by atoms with Crippen molar-refractivity contribution >= 4 is 11.9 Å². The van der Waals surface area contributed by atoms with Crippen molar-refractivity contribution in [2.75, 3.05) is 20.7 Å². The van der Waals surface area contributed by atoms with Gasteiger partial charge in [-0.25, -0.2) is 4.79 Å². The third kappa shape index (κ3) is 3.34. The molecule has 4 nitrogen and oxygen atoms in total. The van der Waals surface area contributed by atoms with Crippen molar-refractivity contribution in [2.24, 2.45) is 0 Å². The number of methoxy groups -OCH3 is 1. The number of ether oxygens (including phenoxy) is 1. The highest BCUT2D eigenvalue weighted by molar-refractivity contribution is 6.01. The Labute approximate surface area is 120 Å². The fourth-order valence-electron chi connectivity index (χ4n) is 1.89. The van der Waals surface area contributed by atoms with Gasteiger partial charge in [0.05, 0.1) is 23.8 Å². The van der Waals surface area contributed by atoms with Crippen molar-refractivity contribution in [3.63, 3.8) is 0 Å². The number of benzene rings is 1. The van der Waals surface area contributed by atoms with E-state index in [0.29, 0.717) is 0 Å². The molecule has 1 aromatic carbocycles. The smallest absolute Gasteiger partial charge is 0.417 e. The fraction of sp³-hybridized carbons (Fsp3) is 0.429. The van der Waals surface area contributed by atoms with Crippen molar-refractivity contribution in [2.45, 2.75) is 20.0 Å². The van der Waals surface area contributed by atoms with E-state index in [1.165, 1.54) is 14.0 Å². The number of halogens is 3. The molecule has 0 saturated heterocycles. The molecule has 7 heteroatoms. The monoisotopic (exact) mass is 303 g/mol. The zero-order valence-corrected chi connectivity index (χ0v) is 12.2. The number of amides is 1. The van der Waals surface area contributed by atoms with E-state index < -0.39 is 29.2 Å². The van der Waals surface area contributed by atoms with Crippen LogP contribution in [0.3, 0.4) is 0 Å². The lowest BCUT2D eigenvalue weighted by molar-refractivity contribution is -0.138. The summed E-state index contributed by atoms with van der Waals surface area (Å²) in [5.74, 6) is -1.57. The summed E-state index contributed by atoms with van der Waals surface area (Å²) in [6.45, 7) is 3.20. The molecule has 1 amide bonds. The number of hydrogen-bond donors (Lipinski definition) is 0. The lowest BCUT2D eigenvalue weighted by Gasteiger charge is -2.21. The molecule has 0 saturated carbocycles. The Kier molecular flexibility index (Phi) is 4.98. The predicted octanol–water partition coefficient (Wildman–Crippen LogP) is 2.89. The van der Waals surface area contributed by atoms with Gasteiger partial charge in [0.2, 0.25) is 0 Å². The summed E-state index contributed by atoms with van der Waals surface area (Å²) in [6.07, 6.45) is -4.68. The van der Waals surface area contributed by atoms with Gasteiger partial charge >= 0.3 is 12.1 Å². The van der Waals surface area contributed by atoms with Crippen LogP contribution in [0.2, 0.25) is 0 Å². The van der Waals surface area contributed by atoms with E-state index in [9.17, 15) is 22.8 Å². The number of nitrogens with zero attached hydrogens (tertiary/aromatic N) is 1. The highest BCUT2D eigenvalue weighted by Crippen LogP contribution is 2.35. The second-order valence-electron chi connectivity index (χ2n) is 4.47. The summed E-state index contributed by atoms with van der Waals surface area (Å²) >= 11 is 0. The highest BCUT2D eigenvalue weighted by Gasteiger charge is 2.37. The van der Waals surface area contributed by atoms with Gasteiger partial charge in [-0.05, 0) is 31.5 Å². The molecule has 0 atom stereocenters. The molecule has 1 aromatic rings. The van der Waals surface area contributed by atoms with Crippen LogP contribution in [-0.4, -0.2) is 37.5 Å². The van der Waals surface area contributed by atoms with Crippen molar-refractivity contribution in [1.29, 1.82) is 0 Å². The molecule has 0 aliphatic heterocycles. The first-order valence-electron chi connectivity index (χ1n) is 6.19. The van der Waals surface area contributed by atoms with Gasteiger partial charge in [0.1, 0.15) is 0 Å². The summed E-state index contributed by atoms with van der Waals surface area (Å²) in [4.78, 5) is 24.9. The van der Waals surface area contributed by atoms with E-state index in [4.69, 9.17) is 0 Å². The molecule has 0 aliphatic rings. The molecule has 0 radical (unpaired) electrons. The minimum atomic E-state index is -4.68. The molecule has 0 fully saturated rings. The van der Waals surface area contributed by atoms with Crippen molar-refractivity contribution < 1.29 is 27.5 Å². The van der Waals surface area contributed by atoms with E-state index in [1.54, 1.807) is 6.92 Å². The van der Waals surface area contributed by atoms with Crippen LogP contribution in [-0.2, 0) is 10.9 Å². The lowest BCUT2D eigenvalue weighted by Crippen LogP contribution is -2.30. The van der Waals surface area contributed by atoms with Crippen LogP contribution in [0.4, 0.5) is 13.2 Å². The SMILES string of the molecule is CCN(C)C(=O)c1c(C(F)(F)F)ccc(C(=O)OC)c1C. The average Bonchev–Trinajstić information content (AvgIpc) is 2.43. The van der Waals surface area contributed by atoms with Crippen LogP contribution in [0.25, 0.3) is 0 Å². The third-order valence-electron chi connectivity index (χ3n) is 3.21. The van der Waals surface area contributed by atoms with Gasteiger partial charge in [-0.2, -0.15) is 13.2 Å². The van der Waals surface area contributed by atoms with Crippen LogP contribution < -0.4 is 0 Å². The number of hydrogen-bond acceptors (Lipinski definition) is 3. The topological polar surface area (TPSA) is 46.6 Å². The van der Waals surface area contributed by atoms with Crippen molar-refractivity contribution in [3.05, 3.63) is 34.4 Å². The number of alkyl halides is 3. The number of rotatable bonds is 3. The maximum atomic E-state index is 13.1. The normalized spacial score (nSPS) is 11.2. The van der Waals surface area contributed by atoms with Crippen LogP contribution in [0.15, 0.2) is 12.1 Å². The summed E-state index contributed by atoms with van der Waals surface area (Å²) < 4.78 is 43.8. The van der Waals surface area contributed by atoms with E-state index in [2.05, 4.69) is 4.74 Å². The third-order valence-corrected chi connectivity index (χ3v) is 3.21. The van der Waals surface area contributed by atoms with Crippen molar-refractivity contribution in [3.8, 4) is 0 Å². The minimum Gasteiger partial charge on any atom is -0.465 e. The first-order chi connectivity index (χ1) is 9.65. The van der Waals surface area contributed by atoms with Gasteiger partial charge < -0.3 is 9.64 Å². The first-order valence-corrected chi connectivity index (χ1v) is 6.19. The molecule has 0 spiro atoms. The quantitative estimate of drug-likeness (QED) is 0.807. The molecule has 0 aliphatic carbocycles. The molecule has 1 rings (SSSR count). The molecular weight excluding hydrogens is 287 g/mol. The second kappa shape index (κ2) is 6.15. The predicted molar refractivity (Wildman–Crippen MR) is 70.2 cm³/mol. The van der Waals surface area contributed by atoms with Gasteiger partial charge in [-0.15, -0.1) is 0 Å². The standard InChI is InChI=1S/C14H16F3NO3/c1-5-18(3)12(19)11-8(2)9(13(20)21-4)6-7-10(11)14(15,16)17/h6-7H,5H2,1-4H3. The highest BCUT2D eigenvalue weighted by atomic mass is 19.4. The molecular formula is C14H16F3NO3.